The zero-order valence-electron chi connectivity index (χ0n) is 14.5. The number of hydrogen-bond donors (Lipinski definition) is 0. The number of benzene rings is 2. The maximum Gasteiger partial charge on any atom is 0.416 e. The number of alkyl halides is 3. The molecule has 1 aromatic heterocycles. The maximum atomic E-state index is 13.3. The van der Waals surface area contributed by atoms with Crippen molar-refractivity contribution in [2.24, 2.45) is 0 Å². The number of nitrogens with zero attached hydrogens (tertiary/aromatic N) is 3. The number of amides is 1. The van der Waals surface area contributed by atoms with Gasteiger partial charge in [-0.15, -0.1) is 0 Å². The van der Waals surface area contributed by atoms with Gasteiger partial charge in [0.25, 0.3) is 5.91 Å². The molecule has 1 aliphatic heterocycles. The number of anilines is 1. The number of piperazine rings is 1. The zero-order chi connectivity index (χ0) is 19.9. The van der Waals surface area contributed by atoms with Crippen LogP contribution in [0.3, 0.4) is 0 Å². The summed E-state index contributed by atoms with van der Waals surface area (Å²) in [7, 11) is 0. The van der Waals surface area contributed by atoms with E-state index in [0.29, 0.717) is 26.2 Å². The lowest BCUT2D eigenvalue weighted by molar-refractivity contribution is -0.137. The standard InChI is InChI=1S/C19H15F4N3OS/c20-14-5-6-15-16(11-14)28-18(24-15)26-9-7-25(8-10-26)17(27)12-1-3-13(4-2-12)19(21,22)23/h1-6,11H,7-10H2. The minimum Gasteiger partial charge on any atom is -0.345 e. The Bertz CT molecular complexity index is 1010. The summed E-state index contributed by atoms with van der Waals surface area (Å²) in [6.45, 7) is 1.97. The molecule has 1 aliphatic rings. The molecule has 28 heavy (non-hydrogen) atoms. The van der Waals surface area contributed by atoms with E-state index in [1.165, 1.54) is 35.6 Å². The van der Waals surface area contributed by atoms with Crippen LogP contribution in [0.2, 0.25) is 0 Å². The first-order chi connectivity index (χ1) is 13.3. The van der Waals surface area contributed by atoms with E-state index in [2.05, 4.69) is 4.98 Å². The summed E-state index contributed by atoms with van der Waals surface area (Å²) >= 11 is 1.39. The number of carbonyl (C=O) groups excluding carboxylic acids is 1. The Kier molecular flexibility index (Phi) is 4.70. The van der Waals surface area contributed by atoms with Gasteiger partial charge < -0.3 is 9.80 Å². The Morgan fingerprint density at radius 1 is 1.00 bits per heavy atom. The van der Waals surface area contributed by atoms with Gasteiger partial charge in [-0.25, -0.2) is 9.37 Å². The summed E-state index contributed by atoms with van der Waals surface area (Å²) < 4.78 is 52.1. The number of rotatable bonds is 2. The van der Waals surface area contributed by atoms with Crippen LogP contribution in [0.15, 0.2) is 42.5 Å². The summed E-state index contributed by atoms with van der Waals surface area (Å²) in [5.74, 6) is -0.602. The molecule has 2 heterocycles. The van der Waals surface area contributed by atoms with Crippen molar-refractivity contribution in [2.45, 2.75) is 6.18 Å². The molecule has 0 unspecified atom stereocenters. The van der Waals surface area contributed by atoms with Crippen LogP contribution in [-0.2, 0) is 6.18 Å². The highest BCUT2D eigenvalue weighted by molar-refractivity contribution is 7.22. The van der Waals surface area contributed by atoms with Gasteiger partial charge in [0.1, 0.15) is 5.82 Å². The molecule has 0 saturated carbocycles. The van der Waals surface area contributed by atoms with Crippen molar-refractivity contribution in [3.05, 3.63) is 59.4 Å². The third-order valence-corrected chi connectivity index (χ3v) is 5.71. The van der Waals surface area contributed by atoms with Gasteiger partial charge in [0.15, 0.2) is 5.13 Å². The highest BCUT2D eigenvalue weighted by Gasteiger charge is 2.31. The van der Waals surface area contributed by atoms with E-state index in [0.717, 1.165) is 27.5 Å². The molecule has 9 heteroatoms. The van der Waals surface area contributed by atoms with E-state index in [1.54, 1.807) is 11.0 Å². The monoisotopic (exact) mass is 409 g/mol. The maximum absolute atomic E-state index is 13.3. The molecule has 0 bridgehead atoms. The first-order valence-corrected chi connectivity index (χ1v) is 9.40. The van der Waals surface area contributed by atoms with Crippen molar-refractivity contribution >= 4 is 32.6 Å². The quantitative estimate of drug-likeness (QED) is 0.588. The first-order valence-electron chi connectivity index (χ1n) is 8.59. The second kappa shape index (κ2) is 7.05. The summed E-state index contributed by atoms with van der Waals surface area (Å²) in [5, 5.41) is 0.766. The van der Waals surface area contributed by atoms with Gasteiger partial charge in [-0.3, -0.25) is 4.79 Å². The van der Waals surface area contributed by atoms with Gasteiger partial charge >= 0.3 is 6.18 Å². The predicted octanol–water partition coefficient (Wildman–Crippen LogP) is 4.42. The van der Waals surface area contributed by atoms with Gasteiger partial charge in [-0.05, 0) is 42.5 Å². The fourth-order valence-electron chi connectivity index (χ4n) is 3.11. The minimum atomic E-state index is -4.42. The molecule has 0 spiro atoms. The molecule has 0 N–H and O–H groups in total. The molecular weight excluding hydrogens is 394 g/mol. The second-order valence-corrected chi connectivity index (χ2v) is 7.47. The van der Waals surface area contributed by atoms with Gasteiger partial charge in [-0.1, -0.05) is 11.3 Å². The van der Waals surface area contributed by atoms with Crippen molar-refractivity contribution in [2.75, 3.05) is 31.1 Å². The SMILES string of the molecule is O=C(c1ccc(C(F)(F)F)cc1)N1CCN(c2nc3ccc(F)cc3s2)CC1. The average Bonchev–Trinajstić information content (AvgIpc) is 3.10. The van der Waals surface area contributed by atoms with Crippen LogP contribution < -0.4 is 4.90 Å². The number of fused-ring (bicyclic) bond motifs is 1. The fraction of sp³-hybridized carbons (Fsp3) is 0.263. The lowest BCUT2D eigenvalue weighted by Gasteiger charge is -2.34. The summed E-state index contributed by atoms with van der Waals surface area (Å²) in [6, 6.07) is 8.70. The van der Waals surface area contributed by atoms with Gasteiger partial charge in [0.2, 0.25) is 0 Å². The molecule has 4 rings (SSSR count). The number of thiazole rings is 1. The number of halogens is 4. The molecule has 0 aliphatic carbocycles. The smallest absolute Gasteiger partial charge is 0.345 e. The summed E-state index contributed by atoms with van der Waals surface area (Å²) in [4.78, 5) is 20.7. The zero-order valence-corrected chi connectivity index (χ0v) is 15.4. The first kappa shape index (κ1) is 18.7. The third kappa shape index (κ3) is 3.66. The molecule has 4 nitrogen and oxygen atoms in total. The third-order valence-electron chi connectivity index (χ3n) is 4.64. The van der Waals surface area contributed by atoms with Crippen LogP contribution in [0.4, 0.5) is 22.7 Å². The number of carbonyl (C=O) groups is 1. The van der Waals surface area contributed by atoms with Crippen molar-refractivity contribution < 1.29 is 22.4 Å². The highest BCUT2D eigenvalue weighted by Crippen LogP contribution is 2.31. The van der Waals surface area contributed by atoms with Crippen molar-refractivity contribution in [1.29, 1.82) is 0 Å². The van der Waals surface area contributed by atoms with Gasteiger partial charge in [0, 0.05) is 31.7 Å². The van der Waals surface area contributed by atoms with E-state index >= 15 is 0 Å². The van der Waals surface area contributed by atoms with Crippen molar-refractivity contribution in [1.82, 2.24) is 9.88 Å². The molecule has 3 aromatic rings. The molecule has 1 saturated heterocycles. The lowest BCUT2D eigenvalue weighted by Crippen LogP contribution is -2.48. The van der Waals surface area contributed by atoms with Crippen molar-refractivity contribution in [3.8, 4) is 0 Å². The number of aromatic nitrogens is 1. The molecule has 146 valence electrons. The molecule has 0 radical (unpaired) electrons. The van der Waals surface area contributed by atoms with Gasteiger partial charge in [0.05, 0.1) is 15.8 Å². The predicted molar refractivity (Wildman–Crippen MR) is 99.1 cm³/mol. The van der Waals surface area contributed by atoms with Crippen LogP contribution in [0.25, 0.3) is 10.2 Å². The Morgan fingerprint density at radius 3 is 2.32 bits per heavy atom. The number of hydrogen-bond acceptors (Lipinski definition) is 4. The fourth-order valence-corrected chi connectivity index (χ4v) is 4.15. The van der Waals surface area contributed by atoms with E-state index in [9.17, 15) is 22.4 Å². The normalized spacial score (nSPS) is 15.3. The van der Waals surface area contributed by atoms with Gasteiger partial charge in [-0.2, -0.15) is 13.2 Å². The molecule has 1 amide bonds. The average molecular weight is 409 g/mol. The van der Waals surface area contributed by atoms with Crippen LogP contribution in [0, 0.1) is 5.82 Å². The molecule has 0 atom stereocenters. The summed E-state index contributed by atoms with van der Waals surface area (Å²) in [5.41, 5.74) is 0.183. The van der Waals surface area contributed by atoms with E-state index in [1.807, 2.05) is 4.90 Å². The van der Waals surface area contributed by atoms with Crippen LogP contribution in [0.1, 0.15) is 15.9 Å². The van der Waals surface area contributed by atoms with Crippen LogP contribution in [0.5, 0.6) is 0 Å². The van der Waals surface area contributed by atoms with E-state index < -0.39 is 11.7 Å². The van der Waals surface area contributed by atoms with Crippen LogP contribution in [-0.4, -0.2) is 42.0 Å². The van der Waals surface area contributed by atoms with E-state index in [-0.39, 0.29) is 17.3 Å². The molecule has 2 aromatic carbocycles. The topological polar surface area (TPSA) is 36.4 Å². The van der Waals surface area contributed by atoms with Crippen LogP contribution >= 0.6 is 11.3 Å². The van der Waals surface area contributed by atoms with E-state index in [4.69, 9.17) is 0 Å². The largest absolute Gasteiger partial charge is 0.416 e. The van der Waals surface area contributed by atoms with Crippen molar-refractivity contribution in [3.63, 3.8) is 0 Å². The minimum absolute atomic E-state index is 0.233. The molecule has 1 fully saturated rings. The summed E-state index contributed by atoms with van der Waals surface area (Å²) in [6.07, 6.45) is -4.42. The highest BCUT2D eigenvalue weighted by atomic mass is 32.1. The Hall–Kier alpha value is -2.68. The Labute approximate surface area is 162 Å². The lowest BCUT2D eigenvalue weighted by atomic mass is 10.1. The Morgan fingerprint density at radius 2 is 1.68 bits per heavy atom. The second-order valence-electron chi connectivity index (χ2n) is 6.46. The molecular formula is C19H15F4N3OS. The Balaban J connectivity index is 1.42.